The van der Waals surface area contributed by atoms with E-state index in [1.165, 1.54) is 0 Å². The predicted octanol–water partition coefficient (Wildman–Crippen LogP) is 1.39. The monoisotopic (exact) mass is 164 g/mol. The number of aldehydes is 1. The van der Waals surface area contributed by atoms with Gasteiger partial charge in [0.1, 0.15) is 6.29 Å². The maximum atomic E-state index is 12.6. The highest BCUT2D eigenvalue weighted by atomic mass is 19.3. The summed E-state index contributed by atoms with van der Waals surface area (Å²) in [6.45, 7) is 0.0610. The molecule has 0 radical (unpaired) electrons. The number of carbonyl (C=O) groups is 1. The average Bonchev–Trinajstić information content (AvgIpc) is 1.85. The van der Waals surface area contributed by atoms with Gasteiger partial charge in [0, 0.05) is 19.3 Å². The van der Waals surface area contributed by atoms with Crippen LogP contribution in [0.3, 0.4) is 0 Å². The first-order valence-electron chi connectivity index (χ1n) is 3.57. The lowest BCUT2D eigenvalue weighted by Crippen LogP contribution is -2.33. The second-order valence-corrected chi connectivity index (χ2v) is 2.71. The van der Waals surface area contributed by atoms with Gasteiger partial charge in [-0.05, 0) is 0 Å². The minimum Gasteiger partial charge on any atom is -0.377 e. The molecule has 2 nitrogen and oxygen atoms in total. The molecule has 1 heterocycles. The minimum absolute atomic E-state index is 0.0610. The molecule has 0 bridgehead atoms. The quantitative estimate of drug-likeness (QED) is 0.576. The van der Waals surface area contributed by atoms with Gasteiger partial charge in [0.05, 0.1) is 12.7 Å². The number of hydrogen-bond donors (Lipinski definition) is 0. The number of hydrogen-bond acceptors (Lipinski definition) is 2. The lowest BCUT2D eigenvalue weighted by molar-refractivity contribution is -0.134. The summed E-state index contributed by atoms with van der Waals surface area (Å²) in [5.74, 6) is -2.63. The molecule has 0 spiro atoms. The zero-order chi connectivity index (χ0) is 8.32. The molecule has 1 aliphatic heterocycles. The molecule has 1 fully saturated rings. The summed E-state index contributed by atoms with van der Waals surface area (Å²) in [6, 6.07) is 0. The highest BCUT2D eigenvalue weighted by Gasteiger charge is 2.36. The van der Waals surface area contributed by atoms with Crippen LogP contribution >= 0.6 is 0 Å². The van der Waals surface area contributed by atoms with Gasteiger partial charge < -0.3 is 9.53 Å². The number of alkyl halides is 2. The molecule has 0 aliphatic carbocycles. The van der Waals surface area contributed by atoms with Crippen molar-refractivity contribution in [3.63, 3.8) is 0 Å². The Kier molecular flexibility index (Phi) is 2.54. The molecular weight excluding hydrogens is 154 g/mol. The van der Waals surface area contributed by atoms with E-state index >= 15 is 0 Å². The van der Waals surface area contributed by atoms with Crippen LogP contribution in [0.1, 0.15) is 19.3 Å². The lowest BCUT2D eigenvalue weighted by Gasteiger charge is -2.27. The maximum Gasteiger partial charge on any atom is 0.252 e. The van der Waals surface area contributed by atoms with Crippen molar-refractivity contribution in [2.24, 2.45) is 0 Å². The van der Waals surface area contributed by atoms with Crippen LogP contribution in [0.4, 0.5) is 8.78 Å². The fraction of sp³-hybridized carbons (Fsp3) is 0.857. The Balaban J connectivity index is 2.39. The van der Waals surface area contributed by atoms with Crippen molar-refractivity contribution in [3.8, 4) is 0 Å². The van der Waals surface area contributed by atoms with E-state index in [1.807, 2.05) is 0 Å². The summed E-state index contributed by atoms with van der Waals surface area (Å²) in [5, 5.41) is 0. The molecule has 4 heteroatoms. The highest BCUT2D eigenvalue weighted by molar-refractivity contribution is 5.50. The van der Waals surface area contributed by atoms with Crippen molar-refractivity contribution in [2.75, 3.05) is 6.61 Å². The van der Waals surface area contributed by atoms with E-state index in [-0.39, 0.29) is 25.9 Å². The average molecular weight is 164 g/mol. The van der Waals surface area contributed by atoms with Crippen LogP contribution in [0.2, 0.25) is 0 Å². The molecule has 0 amide bonds. The van der Waals surface area contributed by atoms with Crippen molar-refractivity contribution < 1.29 is 18.3 Å². The van der Waals surface area contributed by atoms with Crippen LogP contribution in [0.5, 0.6) is 0 Å². The topological polar surface area (TPSA) is 26.3 Å². The molecular formula is C7H10F2O2. The van der Waals surface area contributed by atoms with Crippen molar-refractivity contribution in [2.45, 2.75) is 31.3 Å². The second kappa shape index (κ2) is 3.26. The Morgan fingerprint density at radius 2 is 2.36 bits per heavy atom. The number of carbonyl (C=O) groups excluding carboxylic acids is 1. The van der Waals surface area contributed by atoms with E-state index in [1.54, 1.807) is 0 Å². The molecule has 1 aliphatic rings. The Hall–Kier alpha value is -0.510. The van der Waals surface area contributed by atoms with Crippen LogP contribution in [0.25, 0.3) is 0 Å². The Bertz CT molecular complexity index is 147. The summed E-state index contributed by atoms with van der Waals surface area (Å²) < 4.78 is 30.1. The number of rotatable bonds is 2. The van der Waals surface area contributed by atoms with E-state index in [0.29, 0.717) is 6.29 Å². The van der Waals surface area contributed by atoms with E-state index in [4.69, 9.17) is 4.74 Å². The Morgan fingerprint density at radius 1 is 1.64 bits per heavy atom. The van der Waals surface area contributed by atoms with Gasteiger partial charge in [0.2, 0.25) is 0 Å². The zero-order valence-electron chi connectivity index (χ0n) is 6.06. The van der Waals surface area contributed by atoms with Crippen molar-refractivity contribution >= 4 is 6.29 Å². The Morgan fingerprint density at radius 3 is 2.91 bits per heavy atom. The van der Waals surface area contributed by atoms with Crippen LogP contribution in [-0.2, 0) is 9.53 Å². The van der Waals surface area contributed by atoms with Crippen LogP contribution < -0.4 is 0 Å². The summed E-state index contributed by atoms with van der Waals surface area (Å²) in [5.41, 5.74) is 0. The van der Waals surface area contributed by atoms with Crippen LogP contribution in [0, 0.1) is 0 Å². The first-order valence-corrected chi connectivity index (χ1v) is 3.57. The molecule has 64 valence electrons. The van der Waals surface area contributed by atoms with E-state index in [2.05, 4.69) is 0 Å². The van der Waals surface area contributed by atoms with Gasteiger partial charge in [-0.25, -0.2) is 8.78 Å². The molecule has 1 saturated heterocycles. The van der Waals surface area contributed by atoms with Crippen molar-refractivity contribution in [1.29, 1.82) is 0 Å². The second-order valence-electron chi connectivity index (χ2n) is 2.71. The highest BCUT2D eigenvalue weighted by Crippen LogP contribution is 2.30. The Labute approximate surface area is 63.5 Å². The normalized spacial score (nSPS) is 29.8. The third kappa shape index (κ3) is 2.54. The van der Waals surface area contributed by atoms with Gasteiger partial charge in [-0.15, -0.1) is 0 Å². The largest absolute Gasteiger partial charge is 0.377 e. The summed E-state index contributed by atoms with van der Waals surface area (Å²) >= 11 is 0. The molecule has 0 aromatic heterocycles. The zero-order valence-corrected chi connectivity index (χ0v) is 6.06. The van der Waals surface area contributed by atoms with Crippen LogP contribution in [-0.4, -0.2) is 24.9 Å². The molecule has 0 aromatic rings. The van der Waals surface area contributed by atoms with Gasteiger partial charge in [0.15, 0.2) is 0 Å². The van der Waals surface area contributed by atoms with Gasteiger partial charge in [-0.1, -0.05) is 0 Å². The first-order chi connectivity index (χ1) is 5.14. The van der Waals surface area contributed by atoms with Gasteiger partial charge in [-0.3, -0.25) is 0 Å². The van der Waals surface area contributed by atoms with Crippen LogP contribution in [0.15, 0.2) is 0 Å². The number of halogens is 2. The third-order valence-electron chi connectivity index (χ3n) is 1.71. The summed E-state index contributed by atoms with van der Waals surface area (Å²) in [4.78, 5) is 9.96. The van der Waals surface area contributed by atoms with Gasteiger partial charge in [0.25, 0.3) is 5.92 Å². The number of ether oxygens (including phenoxy) is 1. The van der Waals surface area contributed by atoms with Crippen molar-refractivity contribution in [3.05, 3.63) is 0 Å². The standard InChI is InChI=1S/C7H10F2O2/c8-7(9)2-4-11-6(5-7)1-3-10/h3,6H,1-2,4-5H2. The molecule has 1 unspecified atom stereocenters. The summed E-state index contributed by atoms with van der Waals surface area (Å²) in [6.07, 6.45) is -0.410. The molecule has 1 rings (SSSR count). The van der Waals surface area contributed by atoms with E-state index in [9.17, 15) is 13.6 Å². The minimum atomic E-state index is -2.63. The smallest absolute Gasteiger partial charge is 0.252 e. The molecule has 11 heavy (non-hydrogen) atoms. The lowest BCUT2D eigenvalue weighted by atomic mass is 10.0. The first kappa shape index (κ1) is 8.59. The molecule has 0 saturated carbocycles. The molecule has 0 aromatic carbocycles. The predicted molar refractivity (Wildman–Crippen MR) is 34.6 cm³/mol. The summed E-state index contributed by atoms with van der Waals surface area (Å²) in [7, 11) is 0. The third-order valence-corrected chi connectivity index (χ3v) is 1.71. The van der Waals surface area contributed by atoms with Gasteiger partial charge in [-0.2, -0.15) is 0 Å². The maximum absolute atomic E-state index is 12.6. The van der Waals surface area contributed by atoms with Gasteiger partial charge >= 0.3 is 0 Å². The SMILES string of the molecule is O=CCC1CC(F)(F)CCO1. The molecule has 1 atom stereocenters. The fourth-order valence-electron chi connectivity index (χ4n) is 1.13. The van der Waals surface area contributed by atoms with Crippen molar-refractivity contribution in [1.82, 2.24) is 0 Å². The fourth-order valence-corrected chi connectivity index (χ4v) is 1.13. The van der Waals surface area contributed by atoms with E-state index in [0.717, 1.165) is 0 Å². The van der Waals surface area contributed by atoms with E-state index < -0.39 is 12.0 Å². The molecule has 0 N–H and O–H groups in total.